The maximum absolute atomic E-state index is 13.3. The molecule has 0 heterocycles. The molecule has 2 saturated carbocycles. The van der Waals surface area contributed by atoms with Crippen molar-refractivity contribution in [3.8, 4) is 0 Å². The average Bonchev–Trinajstić information content (AvgIpc) is 3.51. The van der Waals surface area contributed by atoms with Gasteiger partial charge in [-0.3, -0.25) is 0 Å². The molecule has 0 aliphatic heterocycles. The molecule has 254 valence electrons. The molecule has 5 nitrogen and oxygen atoms in total. The van der Waals surface area contributed by atoms with Crippen LogP contribution in [0.1, 0.15) is 80.0 Å². The minimum atomic E-state index is -3.68. The number of benzene rings is 4. The summed E-state index contributed by atoms with van der Waals surface area (Å²) in [5.41, 5.74) is 9.99. The first-order chi connectivity index (χ1) is 23.2. The summed E-state index contributed by atoms with van der Waals surface area (Å²) in [6.07, 6.45) is 11.5. The van der Waals surface area contributed by atoms with Crippen LogP contribution in [0.3, 0.4) is 0 Å². The number of primary sulfonamides is 1. The SMILES string of the molecule is CS(=O)(=O)c1ccc(C2=C(c3ccc(F)cc3)CC3(CCC3)C2)cc1.NS(=O)(=O)c1ccc(C2=C(c3ccc(F)cc3)CC3(CC3)C2)cc1. The molecule has 0 aromatic heterocycles. The second-order valence-electron chi connectivity index (χ2n) is 14.4. The molecule has 0 atom stereocenters. The van der Waals surface area contributed by atoms with Crippen molar-refractivity contribution in [2.75, 3.05) is 6.26 Å². The van der Waals surface area contributed by atoms with Crippen LogP contribution in [0.4, 0.5) is 8.78 Å². The lowest BCUT2D eigenvalue weighted by Crippen LogP contribution is -2.26. The van der Waals surface area contributed by atoms with Crippen LogP contribution in [-0.4, -0.2) is 23.1 Å². The molecule has 2 spiro atoms. The lowest BCUT2D eigenvalue weighted by molar-refractivity contribution is 0.157. The fourth-order valence-corrected chi connectivity index (χ4v) is 8.91. The van der Waals surface area contributed by atoms with Crippen LogP contribution in [-0.2, 0) is 19.9 Å². The molecular formula is C40H39F2NO4S2. The summed E-state index contributed by atoms with van der Waals surface area (Å²) < 4.78 is 72.8. The number of halogens is 2. The molecule has 0 radical (unpaired) electrons. The Hall–Kier alpha value is -3.92. The van der Waals surface area contributed by atoms with Gasteiger partial charge in [-0.05, 0) is 155 Å². The zero-order valence-electron chi connectivity index (χ0n) is 27.4. The van der Waals surface area contributed by atoms with E-state index in [1.165, 1.54) is 84.9 Å². The van der Waals surface area contributed by atoms with Crippen molar-refractivity contribution in [1.82, 2.24) is 0 Å². The Morgan fingerprint density at radius 3 is 1.06 bits per heavy atom. The molecule has 4 aromatic carbocycles. The van der Waals surface area contributed by atoms with Crippen molar-refractivity contribution < 1.29 is 25.6 Å². The van der Waals surface area contributed by atoms with Gasteiger partial charge in [-0.15, -0.1) is 0 Å². The Balaban J connectivity index is 0.000000154. The summed E-state index contributed by atoms with van der Waals surface area (Å²) in [5.74, 6) is -0.461. The van der Waals surface area contributed by atoms with Gasteiger partial charge in [-0.1, -0.05) is 55.0 Å². The van der Waals surface area contributed by atoms with E-state index in [0.29, 0.717) is 15.7 Å². The van der Waals surface area contributed by atoms with E-state index < -0.39 is 19.9 Å². The van der Waals surface area contributed by atoms with Gasteiger partial charge in [0.15, 0.2) is 9.84 Å². The third kappa shape index (κ3) is 7.07. The van der Waals surface area contributed by atoms with Gasteiger partial charge in [0.25, 0.3) is 0 Å². The second kappa shape index (κ2) is 12.4. The van der Waals surface area contributed by atoms with Crippen LogP contribution in [0, 0.1) is 22.5 Å². The summed E-state index contributed by atoms with van der Waals surface area (Å²) >= 11 is 0. The van der Waals surface area contributed by atoms with E-state index in [-0.39, 0.29) is 16.5 Å². The molecule has 0 amide bonds. The summed E-state index contributed by atoms with van der Waals surface area (Å²) in [7, 11) is -6.87. The first kappa shape index (κ1) is 33.6. The van der Waals surface area contributed by atoms with Gasteiger partial charge in [0.05, 0.1) is 9.79 Å². The molecule has 0 bridgehead atoms. The normalized spacial score (nSPS) is 19.2. The molecule has 9 heteroatoms. The van der Waals surface area contributed by atoms with E-state index in [0.717, 1.165) is 47.9 Å². The number of nitrogens with two attached hydrogens (primary N) is 1. The highest BCUT2D eigenvalue weighted by Crippen LogP contribution is 2.63. The largest absolute Gasteiger partial charge is 0.238 e. The summed E-state index contributed by atoms with van der Waals surface area (Å²) in [5, 5.41) is 5.17. The molecule has 4 aromatic rings. The first-order valence-electron chi connectivity index (χ1n) is 16.6. The highest BCUT2D eigenvalue weighted by Gasteiger charge is 2.48. The third-order valence-corrected chi connectivity index (χ3v) is 12.9. The van der Waals surface area contributed by atoms with Gasteiger partial charge in [0, 0.05) is 6.26 Å². The van der Waals surface area contributed by atoms with Gasteiger partial charge in [-0.25, -0.2) is 30.8 Å². The Morgan fingerprint density at radius 1 is 0.490 bits per heavy atom. The van der Waals surface area contributed by atoms with Crippen LogP contribution < -0.4 is 5.14 Å². The summed E-state index contributed by atoms with van der Waals surface area (Å²) in [6, 6.07) is 27.3. The number of rotatable bonds is 6. The summed E-state index contributed by atoms with van der Waals surface area (Å²) in [6.45, 7) is 0. The van der Waals surface area contributed by atoms with Crippen LogP contribution in [0.5, 0.6) is 0 Å². The van der Waals surface area contributed by atoms with E-state index >= 15 is 0 Å². The number of sulfone groups is 1. The predicted octanol–water partition coefficient (Wildman–Crippen LogP) is 9.06. The minimum Gasteiger partial charge on any atom is -0.225 e. The molecule has 0 unspecified atom stereocenters. The van der Waals surface area contributed by atoms with Crippen LogP contribution in [0.15, 0.2) is 107 Å². The highest BCUT2D eigenvalue weighted by molar-refractivity contribution is 7.90. The molecular weight excluding hydrogens is 661 g/mol. The van der Waals surface area contributed by atoms with Gasteiger partial charge in [0.1, 0.15) is 11.6 Å². The van der Waals surface area contributed by atoms with E-state index in [4.69, 9.17) is 5.14 Å². The number of sulfonamides is 1. The average molecular weight is 700 g/mol. The Bertz CT molecular complexity index is 2180. The fourth-order valence-electron chi connectivity index (χ4n) is 7.77. The quantitative estimate of drug-likeness (QED) is 0.217. The number of hydrogen-bond acceptors (Lipinski definition) is 4. The fraction of sp³-hybridized carbons (Fsp3) is 0.300. The summed E-state index contributed by atoms with van der Waals surface area (Å²) in [4.78, 5) is 0.464. The minimum absolute atomic E-state index is 0.120. The van der Waals surface area contributed by atoms with E-state index in [2.05, 4.69) is 0 Å². The van der Waals surface area contributed by atoms with Gasteiger partial charge in [0.2, 0.25) is 10.0 Å². The highest BCUT2D eigenvalue weighted by atomic mass is 32.2. The standard InChI is InChI=1S/C21H21FO2S.C19H18FNO2S/c1-25(23,24)18-9-5-16(6-10-18)20-14-21(11-2-12-21)13-19(20)15-3-7-17(22)8-4-15;20-15-5-1-13(2-6-15)17-11-19(9-10-19)12-18(17)14-3-7-16(8-4-14)24(21,22)23/h3-10H,2,11-14H2,1H3;1-8H,9-12H2,(H2,21,22,23). The zero-order valence-corrected chi connectivity index (χ0v) is 29.0. The topological polar surface area (TPSA) is 94.3 Å². The van der Waals surface area contributed by atoms with Crippen molar-refractivity contribution in [1.29, 1.82) is 0 Å². The molecule has 2 N–H and O–H groups in total. The van der Waals surface area contributed by atoms with Crippen LogP contribution >= 0.6 is 0 Å². The predicted molar refractivity (Wildman–Crippen MR) is 190 cm³/mol. The monoisotopic (exact) mass is 699 g/mol. The maximum atomic E-state index is 13.3. The molecule has 4 aliphatic rings. The van der Waals surface area contributed by atoms with Crippen molar-refractivity contribution >= 4 is 42.2 Å². The lowest BCUT2D eigenvalue weighted by Gasteiger charge is -2.39. The second-order valence-corrected chi connectivity index (χ2v) is 17.9. The van der Waals surface area contributed by atoms with E-state index in [1.54, 1.807) is 24.3 Å². The number of allylic oxidation sites excluding steroid dienone is 4. The van der Waals surface area contributed by atoms with E-state index in [1.807, 2.05) is 48.5 Å². The van der Waals surface area contributed by atoms with Gasteiger partial charge >= 0.3 is 0 Å². The van der Waals surface area contributed by atoms with Crippen molar-refractivity contribution in [2.45, 2.75) is 67.6 Å². The molecule has 0 saturated heterocycles. The lowest BCUT2D eigenvalue weighted by atomic mass is 9.66. The van der Waals surface area contributed by atoms with Crippen molar-refractivity contribution in [2.24, 2.45) is 16.0 Å². The van der Waals surface area contributed by atoms with Crippen LogP contribution in [0.25, 0.3) is 22.3 Å². The number of hydrogen-bond donors (Lipinski definition) is 1. The molecule has 8 rings (SSSR count). The maximum Gasteiger partial charge on any atom is 0.238 e. The Labute approximate surface area is 287 Å². The smallest absolute Gasteiger partial charge is 0.225 e. The van der Waals surface area contributed by atoms with Crippen molar-refractivity contribution in [3.05, 3.63) is 131 Å². The molecule has 49 heavy (non-hydrogen) atoms. The van der Waals surface area contributed by atoms with E-state index in [9.17, 15) is 25.6 Å². The van der Waals surface area contributed by atoms with Gasteiger partial charge in [-0.2, -0.15) is 0 Å². The zero-order chi connectivity index (χ0) is 34.6. The Morgan fingerprint density at radius 2 is 0.796 bits per heavy atom. The third-order valence-electron chi connectivity index (χ3n) is 10.9. The van der Waals surface area contributed by atoms with Crippen LogP contribution in [0.2, 0.25) is 0 Å². The Kier molecular flexibility index (Phi) is 8.53. The first-order valence-corrected chi connectivity index (χ1v) is 20.1. The molecule has 4 aliphatic carbocycles. The molecule has 2 fully saturated rings. The van der Waals surface area contributed by atoms with Crippen molar-refractivity contribution in [3.63, 3.8) is 0 Å². The van der Waals surface area contributed by atoms with Gasteiger partial charge < -0.3 is 0 Å².